The Labute approximate surface area is 108 Å². The van der Waals surface area contributed by atoms with E-state index in [1.165, 1.54) is 5.71 Å². The predicted octanol–water partition coefficient (Wildman–Crippen LogP) is 1.76. The first-order valence-corrected chi connectivity index (χ1v) is 6.65. The molecule has 1 aliphatic rings. The lowest BCUT2D eigenvalue weighted by Gasteiger charge is -2.19. The smallest absolute Gasteiger partial charge is 0.145 e. The molecule has 1 aliphatic heterocycles. The van der Waals surface area contributed by atoms with Crippen molar-refractivity contribution >= 4 is 5.71 Å². The predicted molar refractivity (Wildman–Crippen MR) is 71.6 cm³/mol. The maximum Gasteiger partial charge on any atom is 0.145 e. The Morgan fingerprint density at radius 3 is 3.11 bits per heavy atom. The molecule has 0 aliphatic carbocycles. The zero-order chi connectivity index (χ0) is 12.8. The second kappa shape index (κ2) is 6.54. The molecule has 5 nitrogen and oxygen atoms in total. The highest BCUT2D eigenvalue weighted by molar-refractivity contribution is 5.85. The second-order valence-corrected chi connectivity index (χ2v) is 4.83. The van der Waals surface area contributed by atoms with Crippen molar-refractivity contribution in [3.05, 3.63) is 18.5 Å². The first kappa shape index (κ1) is 13.1. The van der Waals surface area contributed by atoms with Crippen LogP contribution in [0.2, 0.25) is 0 Å². The average molecular weight is 250 g/mol. The summed E-state index contributed by atoms with van der Waals surface area (Å²) in [7, 11) is 2.14. The quantitative estimate of drug-likeness (QED) is 0.740. The summed E-state index contributed by atoms with van der Waals surface area (Å²) in [6.45, 7) is 5.10. The van der Waals surface area contributed by atoms with Gasteiger partial charge >= 0.3 is 0 Å². The third-order valence-corrected chi connectivity index (χ3v) is 3.20. The van der Waals surface area contributed by atoms with Gasteiger partial charge in [-0.25, -0.2) is 0 Å². The molecule has 18 heavy (non-hydrogen) atoms. The van der Waals surface area contributed by atoms with Gasteiger partial charge in [-0.1, -0.05) is 12.1 Å². The van der Waals surface area contributed by atoms with Gasteiger partial charge in [0.25, 0.3) is 0 Å². The van der Waals surface area contributed by atoms with Gasteiger partial charge in [0.2, 0.25) is 0 Å². The van der Waals surface area contributed by atoms with Crippen LogP contribution in [-0.4, -0.2) is 46.6 Å². The molecular formula is C13H22N4O. The van der Waals surface area contributed by atoms with Gasteiger partial charge in [-0.15, -0.1) is 0 Å². The maximum atomic E-state index is 5.41. The van der Waals surface area contributed by atoms with Crippen LogP contribution in [0.15, 0.2) is 23.6 Å². The van der Waals surface area contributed by atoms with Crippen molar-refractivity contribution in [3.8, 4) is 0 Å². The van der Waals surface area contributed by atoms with Crippen molar-refractivity contribution in [3.63, 3.8) is 0 Å². The summed E-state index contributed by atoms with van der Waals surface area (Å²) < 4.78 is 1.97. The number of nitrogens with zero attached hydrogens (tertiary/aromatic N) is 4. The van der Waals surface area contributed by atoms with Crippen molar-refractivity contribution in [1.82, 2.24) is 14.7 Å². The molecule has 1 atom stereocenters. The van der Waals surface area contributed by atoms with Gasteiger partial charge in [0.15, 0.2) is 0 Å². The molecule has 0 aromatic carbocycles. The van der Waals surface area contributed by atoms with Gasteiger partial charge in [0.1, 0.15) is 6.10 Å². The van der Waals surface area contributed by atoms with Crippen LogP contribution >= 0.6 is 0 Å². The third-order valence-electron chi connectivity index (χ3n) is 3.20. The van der Waals surface area contributed by atoms with Crippen molar-refractivity contribution in [2.24, 2.45) is 5.16 Å². The van der Waals surface area contributed by atoms with Crippen LogP contribution in [0.5, 0.6) is 0 Å². The first-order chi connectivity index (χ1) is 8.78. The third kappa shape index (κ3) is 3.84. The van der Waals surface area contributed by atoms with E-state index < -0.39 is 0 Å². The fourth-order valence-electron chi connectivity index (χ4n) is 2.17. The molecular weight excluding hydrogens is 228 g/mol. The normalized spacial score (nSPS) is 19.1. The van der Waals surface area contributed by atoms with Crippen LogP contribution < -0.4 is 0 Å². The average Bonchev–Trinajstić information content (AvgIpc) is 3.00. The van der Waals surface area contributed by atoms with Crippen molar-refractivity contribution in [2.45, 2.75) is 38.8 Å². The lowest BCUT2D eigenvalue weighted by atomic mass is 10.1. The summed E-state index contributed by atoms with van der Waals surface area (Å²) in [6.07, 6.45) is 7.15. The van der Waals surface area contributed by atoms with Crippen LogP contribution in [0, 0.1) is 0 Å². The van der Waals surface area contributed by atoms with Gasteiger partial charge < -0.3 is 9.74 Å². The molecule has 0 N–H and O–H groups in total. The molecule has 0 bridgehead atoms. The number of oxime groups is 1. The Hall–Kier alpha value is -1.36. The minimum atomic E-state index is 0.245. The fraction of sp³-hybridized carbons (Fsp3) is 0.692. The Kier molecular flexibility index (Phi) is 4.75. The SMILES string of the molecule is CCC1=NO[C@H](CN(C)CCCn2cccn2)C1. The minimum absolute atomic E-state index is 0.245. The van der Waals surface area contributed by atoms with E-state index in [4.69, 9.17) is 4.84 Å². The summed E-state index contributed by atoms with van der Waals surface area (Å²) in [5.41, 5.74) is 1.19. The number of likely N-dealkylation sites (N-methyl/N-ethyl adjacent to an activating group) is 1. The van der Waals surface area contributed by atoms with E-state index >= 15 is 0 Å². The Morgan fingerprint density at radius 2 is 2.44 bits per heavy atom. The number of hydrogen-bond donors (Lipinski definition) is 0. The molecule has 0 unspecified atom stereocenters. The standard InChI is InChI=1S/C13H22N4O/c1-3-12-10-13(18-15-12)11-16(2)7-5-9-17-8-4-6-14-17/h4,6,8,13H,3,5,7,9-11H2,1-2H3/t13-/m0/s1. The van der Waals surface area contributed by atoms with Gasteiger partial charge in [-0.05, 0) is 32.5 Å². The largest absolute Gasteiger partial charge is 0.391 e. The number of aryl methyl sites for hydroxylation is 1. The van der Waals surface area contributed by atoms with Gasteiger partial charge in [-0.2, -0.15) is 5.10 Å². The molecule has 1 aromatic rings. The summed E-state index contributed by atoms with van der Waals surface area (Å²) in [4.78, 5) is 7.72. The fourth-order valence-corrected chi connectivity index (χ4v) is 2.17. The van der Waals surface area contributed by atoms with Gasteiger partial charge in [0.05, 0.1) is 5.71 Å². The van der Waals surface area contributed by atoms with E-state index in [0.29, 0.717) is 0 Å². The number of hydrogen-bond acceptors (Lipinski definition) is 4. The van der Waals surface area contributed by atoms with Crippen molar-refractivity contribution in [2.75, 3.05) is 20.1 Å². The highest BCUT2D eigenvalue weighted by Crippen LogP contribution is 2.13. The van der Waals surface area contributed by atoms with E-state index in [-0.39, 0.29) is 6.10 Å². The molecule has 0 spiro atoms. The van der Waals surface area contributed by atoms with Crippen molar-refractivity contribution < 1.29 is 4.84 Å². The van der Waals surface area contributed by atoms with Crippen LogP contribution in [0.3, 0.4) is 0 Å². The van der Waals surface area contributed by atoms with E-state index in [9.17, 15) is 0 Å². The van der Waals surface area contributed by atoms with Crippen molar-refractivity contribution in [1.29, 1.82) is 0 Å². The Bertz CT molecular complexity index is 374. The number of aromatic nitrogens is 2. The highest BCUT2D eigenvalue weighted by Gasteiger charge is 2.20. The van der Waals surface area contributed by atoms with E-state index in [0.717, 1.165) is 38.9 Å². The molecule has 100 valence electrons. The molecule has 2 rings (SSSR count). The minimum Gasteiger partial charge on any atom is -0.391 e. The molecule has 0 saturated carbocycles. The van der Waals surface area contributed by atoms with Crippen LogP contribution in [-0.2, 0) is 11.4 Å². The summed E-state index contributed by atoms with van der Waals surface area (Å²) in [6, 6.07) is 1.96. The van der Waals surface area contributed by atoms with E-state index in [1.807, 2.05) is 23.1 Å². The molecule has 0 fully saturated rings. The lowest BCUT2D eigenvalue weighted by Crippen LogP contribution is -2.30. The highest BCUT2D eigenvalue weighted by atomic mass is 16.6. The van der Waals surface area contributed by atoms with Gasteiger partial charge in [-0.3, -0.25) is 4.68 Å². The summed E-state index contributed by atoms with van der Waals surface area (Å²) in [5.74, 6) is 0. The van der Waals surface area contributed by atoms with Crippen LogP contribution in [0.4, 0.5) is 0 Å². The first-order valence-electron chi connectivity index (χ1n) is 6.65. The Balaban J connectivity index is 1.60. The maximum absolute atomic E-state index is 5.41. The number of rotatable bonds is 7. The molecule has 5 heteroatoms. The second-order valence-electron chi connectivity index (χ2n) is 4.83. The van der Waals surface area contributed by atoms with E-state index in [1.54, 1.807) is 0 Å². The zero-order valence-electron chi connectivity index (χ0n) is 11.2. The molecule has 2 heterocycles. The molecule has 0 saturated heterocycles. The lowest BCUT2D eigenvalue weighted by molar-refractivity contribution is 0.0588. The summed E-state index contributed by atoms with van der Waals surface area (Å²) in [5, 5.41) is 8.28. The van der Waals surface area contributed by atoms with Crippen LogP contribution in [0.25, 0.3) is 0 Å². The van der Waals surface area contributed by atoms with Crippen LogP contribution in [0.1, 0.15) is 26.2 Å². The van der Waals surface area contributed by atoms with Gasteiger partial charge in [0, 0.05) is 31.9 Å². The van der Waals surface area contributed by atoms with E-state index in [2.05, 4.69) is 29.1 Å². The Morgan fingerprint density at radius 1 is 1.56 bits per heavy atom. The zero-order valence-corrected chi connectivity index (χ0v) is 11.2. The molecule has 0 amide bonds. The molecule has 1 aromatic heterocycles. The summed E-state index contributed by atoms with van der Waals surface area (Å²) >= 11 is 0. The monoisotopic (exact) mass is 250 g/mol. The topological polar surface area (TPSA) is 42.6 Å². The molecule has 0 radical (unpaired) electrons.